The number of nitrogens with zero attached hydrogens (tertiary/aromatic N) is 3. The largest absolute Gasteiger partial charge is 0.494 e. The van der Waals surface area contributed by atoms with E-state index in [0.717, 1.165) is 38.1 Å². The van der Waals surface area contributed by atoms with Crippen LogP contribution >= 0.6 is 11.6 Å². The van der Waals surface area contributed by atoms with Crippen LogP contribution in [-0.4, -0.2) is 63.2 Å². The lowest BCUT2D eigenvalue weighted by molar-refractivity contribution is 0.207. The summed E-state index contributed by atoms with van der Waals surface area (Å²) in [5.41, 5.74) is 1.00. The van der Waals surface area contributed by atoms with Crippen LogP contribution in [0.2, 0.25) is 5.02 Å². The normalized spacial score (nSPS) is 17.8. The number of anilines is 4. The number of sulfonamides is 1. The van der Waals surface area contributed by atoms with Crippen molar-refractivity contribution >= 4 is 44.8 Å². The standard InChI is InChI=1S/C26H31ClN6O4S/c1-33-12-11-19(16-33)37-18-9-10-21(23(13-18)36-2)31-26-28-15-20(27)25(32-26)30-22-5-3-4-6-24(22)38(34,35)29-14-17-7-8-17/h3-6,9-10,13,15,17,19,29H,7-8,11-12,14,16H2,1-2H3,(H2,28,30,31,32)/t19-/m0/s1. The van der Waals surface area contributed by atoms with Gasteiger partial charge in [-0.25, -0.2) is 18.1 Å². The molecule has 3 aromatic rings. The average molecular weight is 559 g/mol. The molecular formula is C26H31ClN6O4S. The Hall–Kier alpha value is -3.12. The van der Waals surface area contributed by atoms with Crippen LogP contribution in [0, 0.1) is 5.92 Å². The van der Waals surface area contributed by atoms with Gasteiger partial charge in [0.25, 0.3) is 0 Å². The van der Waals surface area contributed by atoms with Gasteiger partial charge in [-0.2, -0.15) is 4.98 Å². The van der Waals surface area contributed by atoms with Crippen LogP contribution in [0.15, 0.2) is 53.6 Å². The number of para-hydroxylation sites is 1. The van der Waals surface area contributed by atoms with Crippen LogP contribution in [-0.2, 0) is 10.0 Å². The molecule has 1 aliphatic heterocycles. The number of hydrogen-bond donors (Lipinski definition) is 3. The summed E-state index contributed by atoms with van der Waals surface area (Å²) in [6.45, 7) is 2.33. The fraction of sp³-hybridized carbons (Fsp3) is 0.385. The molecule has 38 heavy (non-hydrogen) atoms. The Kier molecular flexibility index (Phi) is 7.89. The smallest absolute Gasteiger partial charge is 0.242 e. The number of aromatic nitrogens is 2. The second-order valence-corrected chi connectivity index (χ2v) is 11.7. The maximum atomic E-state index is 12.9. The van der Waals surface area contributed by atoms with Crippen LogP contribution in [0.3, 0.4) is 0 Å². The Balaban J connectivity index is 1.33. The number of rotatable bonds is 11. The molecular weight excluding hydrogens is 528 g/mol. The number of benzene rings is 2. The van der Waals surface area contributed by atoms with E-state index in [1.165, 1.54) is 6.20 Å². The van der Waals surface area contributed by atoms with Gasteiger partial charge in [0.1, 0.15) is 27.5 Å². The fourth-order valence-electron chi connectivity index (χ4n) is 4.23. The van der Waals surface area contributed by atoms with Gasteiger partial charge in [0, 0.05) is 25.7 Å². The third kappa shape index (κ3) is 6.47. The molecule has 1 saturated heterocycles. The van der Waals surface area contributed by atoms with Gasteiger partial charge in [-0.15, -0.1) is 0 Å². The molecule has 2 fully saturated rings. The van der Waals surface area contributed by atoms with Gasteiger partial charge < -0.3 is 25.0 Å². The number of nitrogens with one attached hydrogen (secondary N) is 3. The lowest BCUT2D eigenvalue weighted by atomic mass is 10.2. The second-order valence-electron chi connectivity index (χ2n) is 9.58. The predicted octanol–water partition coefficient (Wildman–Crippen LogP) is 4.40. The molecule has 0 amide bonds. The summed E-state index contributed by atoms with van der Waals surface area (Å²) in [7, 11) is -0.0478. The minimum absolute atomic E-state index is 0.121. The fourth-order valence-corrected chi connectivity index (χ4v) is 5.64. The predicted molar refractivity (Wildman–Crippen MR) is 147 cm³/mol. The molecule has 10 nitrogen and oxygen atoms in total. The summed E-state index contributed by atoms with van der Waals surface area (Å²) in [5, 5.41) is 6.45. The molecule has 3 N–H and O–H groups in total. The summed E-state index contributed by atoms with van der Waals surface area (Å²) >= 11 is 6.37. The van der Waals surface area contributed by atoms with Crippen LogP contribution in [0.25, 0.3) is 0 Å². The van der Waals surface area contributed by atoms with Crippen molar-refractivity contribution in [1.29, 1.82) is 0 Å². The first-order valence-electron chi connectivity index (χ1n) is 12.5. The number of hydrogen-bond acceptors (Lipinski definition) is 9. The number of likely N-dealkylation sites (tertiary alicyclic amines) is 1. The van der Waals surface area contributed by atoms with Gasteiger partial charge in [-0.1, -0.05) is 23.7 Å². The molecule has 1 aliphatic carbocycles. The summed E-state index contributed by atoms with van der Waals surface area (Å²) in [4.78, 5) is 11.1. The summed E-state index contributed by atoms with van der Waals surface area (Å²) in [6, 6.07) is 12.2. The molecule has 1 aromatic heterocycles. The molecule has 0 spiro atoms. The molecule has 1 atom stereocenters. The molecule has 202 valence electrons. The Bertz CT molecular complexity index is 1400. The highest BCUT2D eigenvalue weighted by Crippen LogP contribution is 2.34. The van der Waals surface area contributed by atoms with Crippen molar-refractivity contribution < 1.29 is 17.9 Å². The number of halogens is 1. The highest BCUT2D eigenvalue weighted by Gasteiger charge is 2.26. The zero-order valence-electron chi connectivity index (χ0n) is 21.3. The monoisotopic (exact) mass is 558 g/mol. The van der Waals surface area contributed by atoms with Gasteiger partial charge >= 0.3 is 0 Å². The van der Waals surface area contributed by atoms with Gasteiger partial charge in [0.05, 0.1) is 24.7 Å². The van der Waals surface area contributed by atoms with Crippen LogP contribution in [0.5, 0.6) is 11.5 Å². The third-order valence-corrected chi connectivity index (χ3v) is 8.26. The van der Waals surface area contributed by atoms with Crippen LogP contribution < -0.4 is 24.8 Å². The maximum absolute atomic E-state index is 12.9. The second kappa shape index (κ2) is 11.3. The zero-order valence-corrected chi connectivity index (χ0v) is 22.8. The number of ether oxygens (including phenoxy) is 2. The van der Waals surface area contributed by atoms with Crippen LogP contribution in [0.4, 0.5) is 23.1 Å². The molecule has 2 aliphatic rings. The summed E-state index contributed by atoms with van der Waals surface area (Å²) in [6.07, 6.45) is 4.67. The van der Waals surface area contributed by atoms with Crippen molar-refractivity contribution in [1.82, 2.24) is 19.6 Å². The van der Waals surface area contributed by atoms with E-state index >= 15 is 0 Å². The third-order valence-electron chi connectivity index (χ3n) is 6.50. The van der Waals surface area contributed by atoms with Crippen molar-refractivity contribution in [2.75, 3.05) is 44.4 Å². The van der Waals surface area contributed by atoms with E-state index < -0.39 is 10.0 Å². The Morgan fingerprint density at radius 1 is 1.11 bits per heavy atom. The topological polar surface area (TPSA) is 118 Å². The molecule has 2 heterocycles. The van der Waals surface area contributed by atoms with E-state index in [1.807, 2.05) is 18.2 Å². The average Bonchev–Trinajstić information content (AvgIpc) is 3.66. The molecule has 0 unspecified atom stereocenters. The van der Waals surface area contributed by atoms with Crippen molar-refractivity contribution in [2.24, 2.45) is 5.92 Å². The number of methoxy groups -OCH3 is 1. The highest BCUT2D eigenvalue weighted by atomic mass is 35.5. The minimum Gasteiger partial charge on any atom is -0.494 e. The van der Waals surface area contributed by atoms with Crippen LogP contribution in [0.1, 0.15) is 19.3 Å². The van der Waals surface area contributed by atoms with E-state index in [0.29, 0.717) is 29.6 Å². The number of likely N-dealkylation sites (N-methyl/N-ethyl adjacent to an activating group) is 1. The van der Waals surface area contributed by atoms with Gasteiger partial charge in [0.15, 0.2) is 5.82 Å². The lowest BCUT2D eigenvalue weighted by Crippen LogP contribution is -2.26. The van der Waals surface area contributed by atoms with Crippen molar-refractivity contribution in [3.8, 4) is 11.5 Å². The highest BCUT2D eigenvalue weighted by molar-refractivity contribution is 7.89. The quantitative estimate of drug-likeness (QED) is 0.315. The van der Waals surface area contributed by atoms with Gasteiger partial charge in [-0.05, 0) is 56.5 Å². The van der Waals surface area contributed by atoms with Crippen molar-refractivity contribution in [2.45, 2.75) is 30.3 Å². The molecule has 2 aromatic carbocycles. The summed E-state index contributed by atoms with van der Waals surface area (Å²) in [5.74, 6) is 2.23. The Morgan fingerprint density at radius 2 is 1.92 bits per heavy atom. The molecule has 0 bridgehead atoms. The Morgan fingerprint density at radius 3 is 2.66 bits per heavy atom. The molecule has 5 rings (SSSR count). The first kappa shape index (κ1) is 26.5. The van der Waals surface area contributed by atoms with E-state index in [4.69, 9.17) is 21.1 Å². The van der Waals surface area contributed by atoms with E-state index in [2.05, 4.69) is 37.3 Å². The zero-order chi connectivity index (χ0) is 26.7. The van der Waals surface area contributed by atoms with E-state index in [9.17, 15) is 8.42 Å². The molecule has 0 radical (unpaired) electrons. The molecule has 12 heteroatoms. The van der Waals surface area contributed by atoms with Crippen molar-refractivity contribution in [3.63, 3.8) is 0 Å². The van der Waals surface area contributed by atoms with Gasteiger partial charge in [0.2, 0.25) is 16.0 Å². The molecule has 1 saturated carbocycles. The minimum atomic E-state index is -3.71. The van der Waals surface area contributed by atoms with E-state index in [-0.39, 0.29) is 27.8 Å². The van der Waals surface area contributed by atoms with Crippen molar-refractivity contribution in [3.05, 3.63) is 53.7 Å². The SMILES string of the molecule is COc1cc(O[C@H]2CCN(C)C2)ccc1Nc1ncc(Cl)c(Nc2ccccc2S(=O)(=O)NCC2CC2)n1. The first-order valence-corrected chi connectivity index (χ1v) is 14.4. The van der Waals surface area contributed by atoms with E-state index in [1.54, 1.807) is 31.4 Å². The maximum Gasteiger partial charge on any atom is 0.242 e. The first-order chi connectivity index (χ1) is 18.3. The Labute approximate surface area is 227 Å². The van der Waals surface area contributed by atoms with Gasteiger partial charge in [-0.3, -0.25) is 0 Å². The lowest BCUT2D eigenvalue weighted by Gasteiger charge is -2.17. The summed E-state index contributed by atoms with van der Waals surface area (Å²) < 4.78 is 40.2.